The van der Waals surface area contributed by atoms with E-state index in [0.717, 1.165) is 104 Å². The number of allylic oxidation sites excluding steroid dienone is 1. The van der Waals surface area contributed by atoms with Crippen molar-refractivity contribution < 1.29 is 19.1 Å². The van der Waals surface area contributed by atoms with Gasteiger partial charge in [-0.2, -0.15) is 0 Å². The van der Waals surface area contributed by atoms with E-state index in [0.29, 0.717) is 12.0 Å². The number of aryl methyl sites for hydroxylation is 2. The van der Waals surface area contributed by atoms with Crippen LogP contribution in [0.2, 0.25) is 0 Å². The molecule has 3 aliphatic rings. The fourth-order valence-corrected chi connectivity index (χ4v) is 10.4. The number of hydrogen-bond donors (Lipinski definition) is 2. The Morgan fingerprint density at radius 1 is 0.787 bits per heavy atom. The minimum Gasteiger partial charge on any atom is -0.461 e. The van der Waals surface area contributed by atoms with Crippen molar-refractivity contribution in [1.29, 1.82) is 0 Å². The SMILES string of the molecule is CC[C@H]1c2cc3[nH]c4c(c5nc(cc6[nH]c(cc(n2)[C@@H]1C)c(C(C)=O)c6C)[C@@H](C)[C@@H]5CCC(=O)OC/C=C(\C)CCC[C@H](C)CCC[C@H](C)CCCC(C)C)CC(=O)c4c3C. The number of ether oxygens (including phenoxy) is 1. The van der Waals surface area contributed by atoms with Crippen LogP contribution in [0.1, 0.15) is 223 Å². The number of Topliss-reactive ketones (excluding diaryl/α,β-unsaturated/α-hetero) is 2. The summed E-state index contributed by atoms with van der Waals surface area (Å²) in [4.78, 5) is 57.8. The second kappa shape index (κ2) is 20.2. The van der Waals surface area contributed by atoms with Gasteiger partial charge in [-0.25, -0.2) is 0 Å². The molecule has 0 amide bonds. The van der Waals surface area contributed by atoms with Crippen LogP contribution in [0.4, 0.5) is 0 Å². The van der Waals surface area contributed by atoms with Crippen LogP contribution in [0, 0.1) is 31.6 Å². The van der Waals surface area contributed by atoms with E-state index in [-0.39, 0.29) is 60.7 Å². The number of nitrogens with zero attached hydrogens (tertiary/aromatic N) is 2. The van der Waals surface area contributed by atoms with Crippen LogP contribution in [0.25, 0.3) is 22.1 Å². The van der Waals surface area contributed by atoms with Crippen LogP contribution in [0.3, 0.4) is 0 Å². The summed E-state index contributed by atoms with van der Waals surface area (Å²) in [7, 11) is 0. The molecule has 0 spiro atoms. The molecule has 0 radical (unpaired) electrons. The highest BCUT2D eigenvalue weighted by Gasteiger charge is 2.36. The van der Waals surface area contributed by atoms with Crippen LogP contribution in [-0.4, -0.2) is 44.1 Å². The van der Waals surface area contributed by atoms with Crippen molar-refractivity contribution >= 4 is 39.6 Å². The van der Waals surface area contributed by atoms with Gasteiger partial charge in [-0.15, -0.1) is 0 Å². The maximum Gasteiger partial charge on any atom is 0.306 e. The van der Waals surface area contributed by atoms with E-state index in [1.807, 2.05) is 19.9 Å². The maximum absolute atomic E-state index is 13.8. The predicted molar refractivity (Wildman–Crippen MR) is 250 cm³/mol. The molecular weight excluding hydrogens is 757 g/mol. The van der Waals surface area contributed by atoms with Gasteiger partial charge >= 0.3 is 5.97 Å². The summed E-state index contributed by atoms with van der Waals surface area (Å²) in [5.74, 6) is 2.47. The lowest BCUT2D eigenvalue weighted by Crippen LogP contribution is -2.10. The quantitative estimate of drug-likeness (QED) is 0.0706. The Bertz CT molecular complexity index is 2290. The molecular formula is C53H74N4O4. The first kappa shape index (κ1) is 46.2. The first-order chi connectivity index (χ1) is 29.1. The Balaban J connectivity index is 1.17. The Morgan fingerprint density at radius 3 is 2.07 bits per heavy atom. The number of rotatable bonds is 19. The number of hydrogen-bond acceptors (Lipinski definition) is 6. The fraction of sp³-hybridized carbons (Fsp3) is 0.604. The second-order valence-electron chi connectivity index (χ2n) is 19.6. The van der Waals surface area contributed by atoms with Crippen molar-refractivity contribution in [1.82, 2.24) is 19.9 Å². The normalized spacial score (nSPS) is 19.8. The van der Waals surface area contributed by atoms with Crippen LogP contribution in [-0.2, 0) is 16.0 Å². The molecule has 5 heterocycles. The smallest absolute Gasteiger partial charge is 0.306 e. The fourth-order valence-electron chi connectivity index (χ4n) is 10.4. The van der Waals surface area contributed by atoms with Gasteiger partial charge in [0.25, 0.3) is 0 Å². The number of nitrogens with one attached hydrogen (secondary N) is 2. The van der Waals surface area contributed by atoms with E-state index in [1.54, 1.807) is 6.92 Å². The molecule has 3 aromatic rings. The highest BCUT2D eigenvalue weighted by molar-refractivity contribution is 6.13. The van der Waals surface area contributed by atoms with E-state index in [2.05, 4.69) is 83.6 Å². The van der Waals surface area contributed by atoms with Crippen molar-refractivity contribution in [2.24, 2.45) is 17.8 Å². The molecule has 0 saturated carbocycles. The molecule has 0 saturated heterocycles. The standard InChI is InChI=1S/C53H74N4O4/c1-12-39-34(7)42-29-47-50(38(11)58)36(9)44(55-47)27-43-35(8)40(52(56-43)41-26-48(59)51-37(10)45(57-53(41)51)28-46(39)54-42)22-23-49(60)61-25-24-33(6)21-15-20-32(5)19-14-18-31(4)17-13-16-30(2)3/h24,27-32,34-35,39-40,55,57H,12-23,25-26H2,1-11H3/b33-24+,42-29?,43-27?,44-27?,45-28?,46-28?,47-29?,52-41?/t31-,32-,34-,35+,39-,40+/m1/s1. The lowest BCUT2D eigenvalue weighted by atomic mass is 9.85. The average molecular weight is 831 g/mol. The summed E-state index contributed by atoms with van der Waals surface area (Å²) in [6, 6.07) is 6.21. The first-order valence-electron chi connectivity index (χ1n) is 23.7. The molecule has 330 valence electrons. The highest BCUT2D eigenvalue weighted by Crippen LogP contribution is 2.45. The van der Waals surface area contributed by atoms with Gasteiger partial charge in [-0.3, -0.25) is 24.4 Å². The lowest BCUT2D eigenvalue weighted by Gasteiger charge is -2.17. The predicted octanol–water partition coefficient (Wildman–Crippen LogP) is 13.8. The third kappa shape index (κ3) is 10.7. The summed E-state index contributed by atoms with van der Waals surface area (Å²) in [6.07, 6.45) is 15.5. The molecule has 0 aromatic carbocycles. The molecule has 6 rings (SSSR count). The molecule has 0 fully saturated rings. The summed E-state index contributed by atoms with van der Waals surface area (Å²) < 4.78 is 5.78. The number of H-pyrrole nitrogens is 2. The van der Waals surface area contributed by atoms with Crippen molar-refractivity contribution in [3.05, 3.63) is 80.4 Å². The van der Waals surface area contributed by atoms with Crippen LogP contribution in [0.15, 0.2) is 29.8 Å². The van der Waals surface area contributed by atoms with Crippen molar-refractivity contribution in [3.8, 4) is 0 Å². The average Bonchev–Trinajstić information content (AvgIpc) is 3.95. The van der Waals surface area contributed by atoms with Gasteiger partial charge in [0, 0.05) is 81.3 Å². The minimum atomic E-state index is -0.223. The van der Waals surface area contributed by atoms with Crippen LogP contribution < -0.4 is 0 Å². The lowest BCUT2D eigenvalue weighted by molar-refractivity contribution is -0.142. The Kier molecular flexibility index (Phi) is 15.3. The van der Waals surface area contributed by atoms with Gasteiger partial charge in [-0.1, -0.05) is 99.0 Å². The molecule has 8 bridgehead atoms. The third-order valence-electron chi connectivity index (χ3n) is 14.4. The van der Waals surface area contributed by atoms with E-state index in [4.69, 9.17) is 14.7 Å². The zero-order chi connectivity index (χ0) is 44.1. The number of ketones is 2. The molecule has 8 nitrogen and oxygen atoms in total. The third-order valence-corrected chi connectivity index (χ3v) is 14.4. The topological polar surface area (TPSA) is 118 Å². The van der Waals surface area contributed by atoms with E-state index < -0.39 is 0 Å². The molecule has 2 N–H and O–H groups in total. The maximum atomic E-state index is 13.8. The summed E-state index contributed by atoms with van der Waals surface area (Å²) in [5.41, 5.74) is 12.3. The van der Waals surface area contributed by atoms with Gasteiger partial charge in [0.1, 0.15) is 6.61 Å². The first-order valence-corrected chi connectivity index (χ1v) is 23.7. The number of carbonyl (C=O) groups is 3. The van der Waals surface area contributed by atoms with Gasteiger partial charge in [0.05, 0.1) is 16.7 Å². The van der Waals surface area contributed by atoms with Gasteiger partial charge < -0.3 is 14.7 Å². The van der Waals surface area contributed by atoms with Crippen molar-refractivity contribution in [3.63, 3.8) is 0 Å². The van der Waals surface area contributed by atoms with E-state index in [9.17, 15) is 14.4 Å². The van der Waals surface area contributed by atoms with Crippen LogP contribution >= 0.6 is 0 Å². The number of aromatic amines is 2. The largest absolute Gasteiger partial charge is 0.461 e. The summed E-state index contributed by atoms with van der Waals surface area (Å²) >= 11 is 0. The number of fused-ring (bicyclic) bond motifs is 8. The van der Waals surface area contributed by atoms with E-state index in [1.165, 1.54) is 50.5 Å². The molecule has 8 heteroatoms. The van der Waals surface area contributed by atoms with Crippen molar-refractivity contribution in [2.75, 3.05) is 6.61 Å². The van der Waals surface area contributed by atoms with Gasteiger partial charge in [-0.05, 0) is 107 Å². The molecule has 3 aromatic heterocycles. The number of esters is 1. The van der Waals surface area contributed by atoms with Gasteiger partial charge in [0.15, 0.2) is 11.6 Å². The second-order valence-corrected chi connectivity index (χ2v) is 19.6. The number of carbonyl (C=O) groups excluding carboxylic acids is 3. The highest BCUT2D eigenvalue weighted by atomic mass is 16.5. The Morgan fingerprint density at radius 2 is 1.39 bits per heavy atom. The van der Waals surface area contributed by atoms with E-state index >= 15 is 0 Å². The molecule has 1 aliphatic carbocycles. The summed E-state index contributed by atoms with van der Waals surface area (Å²) in [5, 5.41) is 0. The zero-order valence-electron chi connectivity index (χ0n) is 39.3. The molecule has 6 atom stereocenters. The van der Waals surface area contributed by atoms with Gasteiger partial charge in [0.2, 0.25) is 0 Å². The number of aromatic nitrogens is 4. The Labute approximate surface area is 365 Å². The van der Waals surface area contributed by atoms with Crippen molar-refractivity contribution in [2.45, 2.75) is 183 Å². The molecule has 0 unspecified atom stereocenters. The minimum absolute atomic E-state index is 0.00308. The monoisotopic (exact) mass is 831 g/mol. The molecule has 61 heavy (non-hydrogen) atoms. The van der Waals surface area contributed by atoms with Crippen LogP contribution in [0.5, 0.6) is 0 Å². The molecule has 2 aliphatic heterocycles. The summed E-state index contributed by atoms with van der Waals surface area (Å²) in [6.45, 7) is 24.0. The zero-order valence-corrected chi connectivity index (χ0v) is 39.3. The Hall–Kier alpha value is -4.33.